The molecule has 0 unspecified atom stereocenters. The molecule has 11 nitrogen and oxygen atoms in total. The summed E-state index contributed by atoms with van der Waals surface area (Å²) in [7, 11) is 0. The van der Waals surface area contributed by atoms with Crippen LogP contribution in [0.15, 0.2) is 88.6 Å². The van der Waals surface area contributed by atoms with Gasteiger partial charge in [0.05, 0.1) is 6.21 Å². The maximum Gasteiger partial charge on any atom is 0.292 e. The molecule has 3 N–H and O–H groups in total. The molecule has 12 heteroatoms. The van der Waals surface area contributed by atoms with Crippen molar-refractivity contribution in [3.63, 3.8) is 0 Å². The molecule has 2 heterocycles. The van der Waals surface area contributed by atoms with Gasteiger partial charge in [-0.1, -0.05) is 77.5 Å². The van der Waals surface area contributed by atoms with E-state index in [-0.39, 0.29) is 17.3 Å². The molecule has 184 valence electrons. The summed E-state index contributed by atoms with van der Waals surface area (Å²) in [6, 6.07) is 23.8. The number of rotatable bonds is 8. The minimum absolute atomic E-state index is 0.0344. The van der Waals surface area contributed by atoms with Crippen molar-refractivity contribution in [3.8, 4) is 22.8 Å². The van der Waals surface area contributed by atoms with Crippen LogP contribution in [0.2, 0.25) is 5.02 Å². The Morgan fingerprint density at radius 1 is 1.08 bits per heavy atom. The number of hydrazone groups is 1. The molecular formula is C25H19ClN8O3. The Morgan fingerprint density at radius 2 is 1.89 bits per heavy atom. The van der Waals surface area contributed by atoms with Gasteiger partial charge in [-0.25, -0.2) is 10.1 Å². The monoisotopic (exact) mass is 514 g/mol. The van der Waals surface area contributed by atoms with Gasteiger partial charge < -0.3 is 10.5 Å². The van der Waals surface area contributed by atoms with Crippen LogP contribution in [-0.2, 0) is 6.61 Å². The number of amides is 1. The third-order valence-corrected chi connectivity index (χ3v) is 5.59. The number of nitrogen functional groups attached to an aromatic ring is 1. The first-order valence-electron chi connectivity index (χ1n) is 11.0. The van der Waals surface area contributed by atoms with Crippen molar-refractivity contribution in [2.75, 3.05) is 5.73 Å². The lowest BCUT2D eigenvalue weighted by Crippen LogP contribution is -2.22. The number of carbonyl (C=O) groups is 1. The normalized spacial score (nSPS) is 11.1. The Kier molecular flexibility index (Phi) is 6.86. The Bertz CT molecular complexity index is 1570. The van der Waals surface area contributed by atoms with Crippen LogP contribution in [0.1, 0.15) is 21.6 Å². The smallest absolute Gasteiger partial charge is 0.292 e. The predicted octanol–water partition coefficient (Wildman–Crippen LogP) is 3.90. The topological polar surface area (TPSA) is 146 Å². The van der Waals surface area contributed by atoms with E-state index < -0.39 is 5.91 Å². The summed E-state index contributed by atoms with van der Waals surface area (Å²) in [5.41, 5.74) is 10.9. The van der Waals surface area contributed by atoms with Gasteiger partial charge in [0.15, 0.2) is 5.69 Å². The van der Waals surface area contributed by atoms with E-state index in [0.29, 0.717) is 34.2 Å². The summed E-state index contributed by atoms with van der Waals surface area (Å²) < 4.78 is 11.7. The standard InChI is InChI=1S/C25H19ClN8O3/c26-20-12-5-4-10-18(20)15-36-19-11-6-7-16(13-19)14-28-30-25(35)22-21(17-8-2-1-3-9-17)29-33-34(22)24-23(27)31-37-32-24/h1-14H,15H2,(H2,27,31)(H,30,35)/b28-14+. The van der Waals surface area contributed by atoms with Gasteiger partial charge in [0.25, 0.3) is 5.91 Å². The summed E-state index contributed by atoms with van der Waals surface area (Å²) in [4.78, 5) is 13.2. The van der Waals surface area contributed by atoms with Gasteiger partial charge in [-0.15, -0.1) is 5.10 Å². The molecule has 0 spiro atoms. The number of nitrogens with one attached hydrogen (secondary N) is 1. The van der Waals surface area contributed by atoms with E-state index in [4.69, 9.17) is 22.1 Å². The van der Waals surface area contributed by atoms with Crippen molar-refractivity contribution >= 4 is 29.5 Å². The molecule has 5 aromatic rings. The second-order valence-electron chi connectivity index (χ2n) is 7.69. The molecule has 0 atom stereocenters. The van der Waals surface area contributed by atoms with Crippen LogP contribution in [0, 0.1) is 0 Å². The first kappa shape index (κ1) is 23.7. The quantitative estimate of drug-likeness (QED) is 0.234. The first-order valence-corrected chi connectivity index (χ1v) is 11.4. The molecule has 0 aliphatic rings. The van der Waals surface area contributed by atoms with Crippen LogP contribution in [0.5, 0.6) is 5.75 Å². The van der Waals surface area contributed by atoms with Crippen molar-refractivity contribution in [1.29, 1.82) is 0 Å². The second kappa shape index (κ2) is 10.7. The Labute approximate surface area is 215 Å². The molecule has 0 aliphatic carbocycles. The van der Waals surface area contributed by atoms with Gasteiger partial charge >= 0.3 is 0 Å². The number of halogens is 1. The molecule has 0 radical (unpaired) electrons. The van der Waals surface area contributed by atoms with E-state index in [9.17, 15) is 4.79 Å². The van der Waals surface area contributed by atoms with E-state index in [1.54, 1.807) is 18.2 Å². The molecule has 3 aromatic carbocycles. The number of carbonyl (C=O) groups excluding carboxylic acids is 1. The zero-order valence-corrected chi connectivity index (χ0v) is 19.9. The highest BCUT2D eigenvalue weighted by Crippen LogP contribution is 2.24. The zero-order valence-electron chi connectivity index (χ0n) is 19.2. The van der Waals surface area contributed by atoms with E-state index in [2.05, 4.69) is 35.8 Å². The molecule has 1 amide bonds. The fraction of sp³-hybridized carbons (Fsp3) is 0.0400. The van der Waals surface area contributed by atoms with Crippen LogP contribution < -0.4 is 15.9 Å². The molecule has 37 heavy (non-hydrogen) atoms. The Hall–Kier alpha value is -5.03. The first-order chi connectivity index (χ1) is 18.1. The number of benzene rings is 3. The summed E-state index contributed by atoms with van der Waals surface area (Å²) in [6.07, 6.45) is 1.49. The van der Waals surface area contributed by atoms with Crippen molar-refractivity contribution < 1.29 is 14.2 Å². The lowest BCUT2D eigenvalue weighted by Gasteiger charge is -2.08. The molecule has 0 fully saturated rings. The number of aromatic nitrogens is 5. The van der Waals surface area contributed by atoms with Gasteiger partial charge in [0.1, 0.15) is 18.1 Å². The molecule has 0 saturated carbocycles. The minimum atomic E-state index is -0.589. The molecular weight excluding hydrogens is 496 g/mol. The van der Waals surface area contributed by atoms with Crippen molar-refractivity contribution in [1.82, 2.24) is 30.7 Å². The van der Waals surface area contributed by atoms with Crippen LogP contribution in [0.3, 0.4) is 0 Å². The lowest BCUT2D eigenvalue weighted by molar-refractivity contribution is 0.0948. The van der Waals surface area contributed by atoms with Gasteiger partial charge in [-0.3, -0.25) is 4.79 Å². The maximum atomic E-state index is 13.2. The number of anilines is 1. The second-order valence-corrected chi connectivity index (χ2v) is 8.10. The lowest BCUT2D eigenvalue weighted by atomic mass is 10.1. The molecule has 0 aliphatic heterocycles. The average Bonchev–Trinajstić information content (AvgIpc) is 3.55. The SMILES string of the molecule is Nc1nonc1-n1nnc(-c2ccccc2)c1C(=O)N/N=C/c1cccc(OCc2ccccc2Cl)c1. The van der Waals surface area contributed by atoms with E-state index >= 15 is 0 Å². The fourth-order valence-corrected chi connectivity index (χ4v) is 3.63. The summed E-state index contributed by atoms with van der Waals surface area (Å²) in [6.45, 7) is 0.316. The van der Waals surface area contributed by atoms with Gasteiger partial charge in [-0.05, 0) is 34.1 Å². The van der Waals surface area contributed by atoms with Crippen molar-refractivity contribution in [2.24, 2.45) is 5.10 Å². The number of hydrogen-bond acceptors (Lipinski definition) is 9. The number of nitrogens with zero attached hydrogens (tertiary/aromatic N) is 6. The van der Waals surface area contributed by atoms with E-state index in [0.717, 1.165) is 10.2 Å². The summed E-state index contributed by atoms with van der Waals surface area (Å²) in [5.74, 6) is 0.0225. The van der Waals surface area contributed by atoms with Crippen LogP contribution in [-0.4, -0.2) is 37.4 Å². The Balaban J connectivity index is 1.34. The average molecular weight is 515 g/mol. The summed E-state index contributed by atoms with van der Waals surface area (Å²) in [5, 5.41) is 20.2. The highest BCUT2D eigenvalue weighted by Gasteiger charge is 2.25. The predicted molar refractivity (Wildman–Crippen MR) is 136 cm³/mol. The molecule has 0 bridgehead atoms. The maximum absolute atomic E-state index is 13.2. The van der Waals surface area contributed by atoms with Crippen LogP contribution in [0.4, 0.5) is 5.82 Å². The Morgan fingerprint density at radius 3 is 2.68 bits per heavy atom. The summed E-state index contributed by atoms with van der Waals surface area (Å²) >= 11 is 6.19. The molecule has 5 rings (SSSR count). The van der Waals surface area contributed by atoms with Crippen LogP contribution >= 0.6 is 11.6 Å². The highest BCUT2D eigenvalue weighted by atomic mass is 35.5. The number of hydrogen-bond donors (Lipinski definition) is 2. The van der Waals surface area contributed by atoms with Crippen molar-refractivity contribution in [2.45, 2.75) is 6.61 Å². The van der Waals surface area contributed by atoms with Crippen LogP contribution in [0.25, 0.3) is 17.1 Å². The molecule has 2 aromatic heterocycles. The minimum Gasteiger partial charge on any atom is -0.489 e. The molecule has 0 saturated heterocycles. The third-order valence-electron chi connectivity index (χ3n) is 5.22. The largest absolute Gasteiger partial charge is 0.489 e. The number of ether oxygens (including phenoxy) is 1. The van der Waals surface area contributed by atoms with Gasteiger partial charge in [-0.2, -0.15) is 9.78 Å². The van der Waals surface area contributed by atoms with E-state index in [1.807, 2.05) is 60.7 Å². The fourth-order valence-electron chi connectivity index (χ4n) is 3.44. The highest BCUT2D eigenvalue weighted by molar-refractivity contribution is 6.31. The van der Waals surface area contributed by atoms with Gasteiger partial charge in [0, 0.05) is 16.1 Å². The van der Waals surface area contributed by atoms with Crippen molar-refractivity contribution in [3.05, 3.63) is 101 Å². The van der Waals surface area contributed by atoms with E-state index in [1.165, 1.54) is 6.21 Å². The van der Waals surface area contributed by atoms with Gasteiger partial charge in [0.2, 0.25) is 11.6 Å². The number of nitrogens with two attached hydrogens (primary N) is 1. The zero-order chi connectivity index (χ0) is 25.6. The third kappa shape index (κ3) is 5.31.